The molecule has 1 aliphatic carbocycles. The highest BCUT2D eigenvalue weighted by Crippen LogP contribution is 2.26. The van der Waals surface area contributed by atoms with E-state index >= 15 is 0 Å². The Morgan fingerprint density at radius 3 is 2.58 bits per heavy atom. The number of aryl methyl sites for hydroxylation is 2. The van der Waals surface area contributed by atoms with Gasteiger partial charge in [-0.2, -0.15) is 4.31 Å². The molecule has 2 aromatic rings. The van der Waals surface area contributed by atoms with Crippen molar-refractivity contribution in [2.75, 3.05) is 26.2 Å². The van der Waals surface area contributed by atoms with Crippen LogP contribution in [0.15, 0.2) is 29.4 Å². The van der Waals surface area contributed by atoms with E-state index < -0.39 is 10.0 Å². The first-order chi connectivity index (χ1) is 12.5. The van der Waals surface area contributed by atoms with Crippen molar-refractivity contribution in [1.29, 1.82) is 0 Å². The number of nitrogens with zero attached hydrogens (tertiary/aromatic N) is 6. The van der Waals surface area contributed by atoms with Crippen LogP contribution in [-0.2, 0) is 34.2 Å². The van der Waals surface area contributed by atoms with Crippen LogP contribution in [0.5, 0.6) is 0 Å². The standard InChI is InChI=1S/C16H20N6O3S/c23-16(11-21-12-17-18-19-21)20-6-8-22(9-7-20)26(24,25)15-5-4-13-2-1-3-14(13)10-15/h4-5,10,12H,1-3,6-9,11H2. The quantitative estimate of drug-likeness (QED) is 0.726. The number of benzene rings is 1. The number of rotatable bonds is 4. The van der Waals surface area contributed by atoms with Gasteiger partial charge in [0.2, 0.25) is 15.9 Å². The van der Waals surface area contributed by atoms with Gasteiger partial charge in [-0.05, 0) is 52.9 Å². The van der Waals surface area contributed by atoms with Gasteiger partial charge in [0.15, 0.2) is 0 Å². The molecule has 1 saturated heterocycles. The van der Waals surface area contributed by atoms with Crippen LogP contribution in [-0.4, -0.2) is 69.9 Å². The number of carbonyl (C=O) groups excluding carboxylic acids is 1. The lowest BCUT2D eigenvalue weighted by atomic mass is 10.1. The number of piperazine rings is 1. The number of amides is 1. The summed E-state index contributed by atoms with van der Waals surface area (Å²) in [4.78, 5) is 14.3. The van der Waals surface area contributed by atoms with E-state index in [9.17, 15) is 13.2 Å². The molecule has 0 N–H and O–H groups in total. The molecular formula is C16H20N6O3S. The Balaban J connectivity index is 1.41. The number of sulfonamides is 1. The second-order valence-corrected chi connectivity index (χ2v) is 8.51. The van der Waals surface area contributed by atoms with E-state index in [4.69, 9.17) is 0 Å². The Kier molecular flexibility index (Phi) is 4.45. The first kappa shape index (κ1) is 17.1. The van der Waals surface area contributed by atoms with Crippen LogP contribution in [0, 0.1) is 0 Å². The van der Waals surface area contributed by atoms with Gasteiger partial charge >= 0.3 is 0 Å². The van der Waals surface area contributed by atoms with Crippen LogP contribution in [0.25, 0.3) is 0 Å². The molecule has 1 amide bonds. The fraction of sp³-hybridized carbons (Fsp3) is 0.500. The highest BCUT2D eigenvalue weighted by atomic mass is 32.2. The first-order valence-electron chi connectivity index (χ1n) is 8.64. The summed E-state index contributed by atoms with van der Waals surface area (Å²) in [5.74, 6) is -0.119. The van der Waals surface area contributed by atoms with Crippen molar-refractivity contribution in [1.82, 2.24) is 29.4 Å². The van der Waals surface area contributed by atoms with Crippen molar-refractivity contribution < 1.29 is 13.2 Å². The number of aromatic nitrogens is 4. The lowest BCUT2D eigenvalue weighted by Crippen LogP contribution is -2.51. The zero-order chi connectivity index (χ0) is 18.1. The molecule has 26 heavy (non-hydrogen) atoms. The summed E-state index contributed by atoms with van der Waals surface area (Å²) in [5.41, 5.74) is 2.39. The molecule has 4 rings (SSSR count). The largest absolute Gasteiger partial charge is 0.338 e. The van der Waals surface area contributed by atoms with Crippen molar-refractivity contribution >= 4 is 15.9 Å². The van der Waals surface area contributed by atoms with Crippen molar-refractivity contribution in [3.8, 4) is 0 Å². The molecule has 2 heterocycles. The average Bonchev–Trinajstić information content (AvgIpc) is 3.32. The van der Waals surface area contributed by atoms with Crippen molar-refractivity contribution in [2.24, 2.45) is 0 Å². The molecule has 0 radical (unpaired) electrons. The maximum atomic E-state index is 12.9. The minimum Gasteiger partial charge on any atom is -0.338 e. The molecule has 138 valence electrons. The van der Waals surface area contributed by atoms with Crippen LogP contribution in [0.2, 0.25) is 0 Å². The number of hydrogen-bond acceptors (Lipinski definition) is 6. The van der Waals surface area contributed by atoms with E-state index in [0.717, 1.165) is 24.8 Å². The fourth-order valence-corrected chi connectivity index (χ4v) is 5.00. The summed E-state index contributed by atoms with van der Waals surface area (Å²) in [7, 11) is -3.52. The highest BCUT2D eigenvalue weighted by molar-refractivity contribution is 7.89. The maximum absolute atomic E-state index is 12.9. The van der Waals surface area contributed by atoms with Crippen molar-refractivity contribution in [3.63, 3.8) is 0 Å². The van der Waals surface area contributed by atoms with Gasteiger partial charge in [-0.1, -0.05) is 6.07 Å². The summed E-state index contributed by atoms with van der Waals surface area (Å²) < 4.78 is 28.6. The minimum absolute atomic E-state index is 0.0601. The van der Waals surface area contributed by atoms with Gasteiger partial charge in [-0.3, -0.25) is 4.79 Å². The van der Waals surface area contributed by atoms with Gasteiger partial charge in [0.05, 0.1) is 4.90 Å². The summed E-state index contributed by atoms with van der Waals surface area (Å²) in [5, 5.41) is 10.7. The Hall–Kier alpha value is -2.33. The molecule has 0 atom stereocenters. The molecule has 9 nitrogen and oxygen atoms in total. The summed E-state index contributed by atoms with van der Waals surface area (Å²) in [6, 6.07) is 5.45. The molecule has 1 fully saturated rings. The van der Waals surface area contributed by atoms with Crippen LogP contribution < -0.4 is 0 Å². The summed E-state index contributed by atoms with van der Waals surface area (Å²) in [6.07, 6.45) is 4.43. The van der Waals surface area contributed by atoms with Gasteiger partial charge in [0, 0.05) is 26.2 Å². The summed E-state index contributed by atoms with van der Waals surface area (Å²) in [6.45, 7) is 1.38. The third-order valence-electron chi connectivity index (χ3n) is 4.99. The molecule has 1 aliphatic heterocycles. The average molecular weight is 376 g/mol. The second kappa shape index (κ2) is 6.76. The predicted molar refractivity (Wildman–Crippen MR) is 91.6 cm³/mol. The number of carbonyl (C=O) groups is 1. The predicted octanol–water partition coefficient (Wildman–Crippen LogP) is -0.305. The second-order valence-electron chi connectivity index (χ2n) is 6.58. The van der Waals surface area contributed by atoms with Crippen LogP contribution in [0.1, 0.15) is 17.5 Å². The number of tetrazole rings is 1. The molecule has 10 heteroatoms. The summed E-state index contributed by atoms with van der Waals surface area (Å²) >= 11 is 0. The molecule has 2 aliphatic rings. The van der Waals surface area contributed by atoms with Gasteiger partial charge < -0.3 is 4.90 Å². The normalized spacial score (nSPS) is 18.1. The van der Waals surface area contributed by atoms with E-state index in [1.165, 1.54) is 20.9 Å². The molecule has 0 bridgehead atoms. The minimum atomic E-state index is -3.52. The molecule has 1 aromatic heterocycles. The fourth-order valence-electron chi connectivity index (χ4n) is 3.53. The smallest absolute Gasteiger partial charge is 0.244 e. The van der Waals surface area contributed by atoms with Crippen molar-refractivity contribution in [3.05, 3.63) is 35.7 Å². The van der Waals surface area contributed by atoms with Crippen LogP contribution in [0.3, 0.4) is 0 Å². The van der Waals surface area contributed by atoms with E-state index in [0.29, 0.717) is 31.1 Å². The third kappa shape index (κ3) is 3.21. The topological polar surface area (TPSA) is 101 Å². The van der Waals surface area contributed by atoms with Crippen molar-refractivity contribution in [2.45, 2.75) is 30.7 Å². The lowest BCUT2D eigenvalue weighted by Gasteiger charge is -2.34. The number of hydrogen-bond donors (Lipinski definition) is 0. The van der Waals surface area contributed by atoms with Gasteiger partial charge in [0.1, 0.15) is 12.9 Å². The third-order valence-corrected chi connectivity index (χ3v) is 6.88. The maximum Gasteiger partial charge on any atom is 0.244 e. The Morgan fingerprint density at radius 1 is 1.08 bits per heavy atom. The Labute approximate surface area is 151 Å². The molecule has 1 aromatic carbocycles. The van der Waals surface area contributed by atoms with E-state index in [1.54, 1.807) is 11.0 Å². The number of fused-ring (bicyclic) bond motifs is 1. The highest BCUT2D eigenvalue weighted by Gasteiger charge is 2.30. The Bertz CT molecular complexity index is 904. The van der Waals surface area contributed by atoms with E-state index in [2.05, 4.69) is 15.5 Å². The first-order valence-corrected chi connectivity index (χ1v) is 10.1. The lowest BCUT2D eigenvalue weighted by molar-refractivity contribution is -0.133. The SMILES string of the molecule is O=C(Cn1cnnn1)N1CCN(S(=O)(=O)c2ccc3c(c2)CCC3)CC1. The molecular weight excluding hydrogens is 356 g/mol. The monoisotopic (exact) mass is 376 g/mol. The van der Waals surface area contributed by atoms with E-state index in [1.807, 2.05) is 12.1 Å². The van der Waals surface area contributed by atoms with Crippen LogP contribution in [0.4, 0.5) is 0 Å². The van der Waals surface area contributed by atoms with Gasteiger partial charge in [-0.25, -0.2) is 13.1 Å². The Morgan fingerprint density at radius 2 is 1.85 bits per heavy atom. The van der Waals surface area contributed by atoms with Gasteiger partial charge in [-0.15, -0.1) is 5.10 Å². The zero-order valence-electron chi connectivity index (χ0n) is 14.3. The van der Waals surface area contributed by atoms with Crippen LogP contribution >= 0.6 is 0 Å². The van der Waals surface area contributed by atoms with Gasteiger partial charge in [0.25, 0.3) is 0 Å². The molecule has 0 unspecified atom stereocenters. The zero-order valence-corrected chi connectivity index (χ0v) is 15.1. The molecule has 0 saturated carbocycles. The van der Waals surface area contributed by atoms with E-state index in [-0.39, 0.29) is 12.5 Å². The molecule has 0 spiro atoms.